The molecule has 4 N–H and O–H groups in total. The minimum Gasteiger partial charge on any atom is -0.409 e. The van der Waals surface area contributed by atoms with Crippen LogP contribution in [0.3, 0.4) is 0 Å². The van der Waals surface area contributed by atoms with Crippen LogP contribution in [-0.4, -0.2) is 40.4 Å². The van der Waals surface area contributed by atoms with Crippen molar-refractivity contribution >= 4 is 39.2 Å². The van der Waals surface area contributed by atoms with Gasteiger partial charge in [0.25, 0.3) is 0 Å². The topological polar surface area (TPSA) is 125 Å². The van der Waals surface area contributed by atoms with Crippen LogP contribution < -0.4 is 16.0 Å². The van der Waals surface area contributed by atoms with Crippen molar-refractivity contribution in [2.75, 3.05) is 23.7 Å². The highest BCUT2D eigenvalue weighted by molar-refractivity contribution is 9.10. The molecule has 1 aliphatic heterocycles. The van der Waals surface area contributed by atoms with E-state index in [1.54, 1.807) is 0 Å². The molecule has 0 bridgehead atoms. The maximum absolute atomic E-state index is 13.3. The van der Waals surface area contributed by atoms with Gasteiger partial charge in [0.05, 0.1) is 10.2 Å². The Morgan fingerprint density at radius 1 is 1.52 bits per heavy atom. The fourth-order valence-corrected chi connectivity index (χ4v) is 3.06. The van der Waals surface area contributed by atoms with Crippen LogP contribution in [0.1, 0.15) is 18.5 Å². The zero-order valence-corrected chi connectivity index (χ0v) is 15.6. The Kier molecular flexibility index (Phi) is 6.05. The molecular weight excluding hydrogens is 423 g/mol. The van der Waals surface area contributed by atoms with Gasteiger partial charge in [0.1, 0.15) is 11.8 Å². The SMILES string of the molecule is O=C=C1CC(CCNc2nonc2C(=NO)Nc2ccc(F)c(Br)c2)CN1. The molecule has 1 aliphatic rings. The fraction of sp³-hybridized carbons (Fsp3) is 0.312. The van der Waals surface area contributed by atoms with E-state index in [0.717, 1.165) is 13.0 Å². The molecule has 9 nitrogen and oxygen atoms in total. The molecule has 1 unspecified atom stereocenters. The third-order valence-corrected chi connectivity index (χ3v) is 4.67. The maximum Gasteiger partial charge on any atom is 0.203 e. The number of hydrogen-bond acceptors (Lipinski definition) is 8. The largest absolute Gasteiger partial charge is 0.409 e. The summed E-state index contributed by atoms with van der Waals surface area (Å²) in [7, 11) is 0. The number of carbonyl (C=O) groups excluding carboxylic acids is 1. The standard InChI is InChI=1S/C16H16BrFN6O3/c17-12-6-10(1-2-13(12)18)21-16(22-26)14-15(24-27-23-14)19-4-3-9-5-11(8-25)20-7-9/h1-2,6,9,20,26H,3-5,7H2,(H,19,24)(H,21,22). The summed E-state index contributed by atoms with van der Waals surface area (Å²) in [6.45, 7) is 1.28. The second-order valence-corrected chi connectivity index (χ2v) is 6.77. The van der Waals surface area contributed by atoms with Crippen LogP contribution >= 0.6 is 15.9 Å². The smallest absolute Gasteiger partial charge is 0.203 e. The van der Waals surface area contributed by atoms with E-state index < -0.39 is 5.82 Å². The molecule has 1 fully saturated rings. The molecule has 2 heterocycles. The van der Waals surface area contributed by atoms with Crippen LogP contribution in [0, 0.1) is 11.7 Å². The first-order valence-corrected chi connectivity index (χ1v) is 8.88. The van der Waals surface area contributed by atoms with Gasteiger partial charge in [-0.25, -0.2) is 13.8 Å². The molecule has 0 aliphatic carbocycles. The number of oxime groups is 1. The Hall–Kier alpha value is -2.91. The van der Waals surface area contributed by atoms with Crippen LogP contribution in [0.25, 0.3) is 0 Å². The summed E-state index contributed by atoms with van der Waals surface area (Å²) in [5.41, 5.74) is 1.25. The third kappa shape index (κ3) is 4.63. The normalized spacial score (nSPS) is 16.7. The van der Waals surface area contributed by atoms with E-state index in [1.807, 2.05) is 5.94 Å². The molecule has 0 amide bonds. The van der Waals surface area contributed by atoms with Crippen LogP contribution in [0.5, 0.6) is 0 Å². The first kappa shape index (κ1) is 18.9. The zero-order chi connectivity index (χ0) is 19.2. The highest BCUT2D eigenvalue weighted by atomic mass is 79.9. The van der Waals surface area contributed by atoms with E-state index in [-0.39, 0.29) is 16.0 Å². The van der Waals surface area contributed by atoms with Crippen molar-refractivity contribution in [3.63, 3.8) is 0 Å². The second-order valence-electron chi connectivity index (χ2n) is 5.91. The van der Waals surface area contributed by atoms with Gasteiger partial charge in [-0.2, -0.15) is 0 Å². The predicted octanol–water partition coefficient (Wildman–Crippen LogP) is 2.35. The molecule has 142 valence electrons. The van der Waals surface area contributed by atoms with Crippen molar-refractivity contribution in [1.82, 2.24) is 15.6 Å². The highest BCUT2D eigenvalue weighted by Gasteiger charge is 2.21. The number of halogens is 2. The quantitative estimate of drug-likeness (QED) is 0.178. The van der Waals surface area contributed by atoms with Gasteiger partial charge in [-0.3, -0.25) is 0 Å². The van der Waals surface area contributed by atoms with E-state index in [9.17, 15) is 14.4 Å². The van der Waals surface area contributed by atoms with E-state index in [1.165, 1.54) is 18.2 Å². The lowest BCUT2D eigenvalue weighted by Crippen LogP contribution is -2.18. The number of aromatic nitrogens is 2. The van der Waals surface area contributed by atoms with Crippen LogP contribution in [0.15, 0.2) is 38.2 Å². The van der Waals surface area contributed by atoms with Crippen molar-refractivity contribution in [3.05, 3.63) is 39.9 Å². The van der Waals surface area contributed by atoms with Gasteiger partial charge in [-0.1, -0.05) is 5.16 Å². The third-order valence-electron chi connectivity index (χ3n) is 4.06. The summed E-state index contributed by atoms with van der Waals surface area (Å²) in [5.74, 6) is 2.07. The van der Waals surface area contributed by atoms with Crippen molar-refractivity contribution < 1.29 is 19.0 Å². The molecule has 0 radical (unpaired) electrons. The van der Waals surface area contributed by atoms with Crippen molar-refractivity contribution in [2.24, 2.45) is 11.1 Å². The predicted molar refractivity (Wildman–Crippen MR) is 98.8 cm³/mol. The van der Waals surface area contributed by atoms with Gasteiger partial charge >= 0.3 is 0 Å². The Balaban J connectivity index is 1.62. The number of anilines is 2. The summed E-state index contributed by atoms with van der Waals surface area (Å²) in [5, 5.41) is 28.9. The van der Waals surface area contributed by atoms with Gasteiger partial charge in [-0.05, 0) is 56.8 Å². The number of nitrogens with one attached hydrogen (secondary N) is 3. The molecule has 0 saturated carbocycles. The Bertz CT molecular complexity index is 896. The van der Waals surface area contributed by atoms with Crippen molar-refractivity contribution in [2.45, 2.75) is 12.8 Å². The lowest BCUT2D eigenvalue weighted by molar-refractivity contribution is 0.305. The van der Waals surface area contributed by atoms with Crippen LogP contribution in [-0.2, 0) is 4.79 Å². The second kappa shape index (κ2) is 8.65. The lowest BCUT2D eigenvalue weighted by atomic mass is 10.0. The molecule has 1 aromatic carbocycles. The van der Waals surface area contributed by atoms with Gasteiger partial charge in [0.2, 0.25) is 11.7 Å². The number of nitrogens with zero attached hydrogens (tertiary/aromatic N) is 3. The highest BCUT2D eigenvalue weighted by Crippen LogP contribution is 2.22. The molecule has 27 heavy (non-hydrogen) atoms. The molecule has 1 atom stereocenters. The summed E-state index contributed by atoms with van der Waals surface area (Å²) >= 11 is 3.09. The average Bonchev–Trinajstić information content (AvgIpc) is 3.32. The Morgan fingerprint density at radius 2 is 2.37 bits per heavy atom. The van der Waals surface area contributed by atoms with Crippen molar-refractivity contribution in [3.8, 4) is 0 Å². The minimum absolute atomic E-state index is 0.00837. The maximum atomic E-state index is 13.3. The van der Waals surface area contributed by atoms with E-state index in [0.29, 0.717) is 36.1 Å². The molecular formula is C16H16BrFN6O3. The number of allylic oxidation sites excluding steroid dienone is 1. The van der Waals surface area contributed by atoms with E-state index >= 15 is 0 Å². The van der Waals surface area contributed by atoms with Gasteiger partial charge in [0, 0.05) is 25.2 Å². The van der Waals surface area contributed by atoms with E-state index in [4.69, 9.17) is 4.63 Å². The zero-order valence-electron chi connectivity index (χ0n) is 14.0. The molecule has 11 heteroatoms. The van der Waals surface area contributed by atoms with Crippen LogP contribution in [0.4, 0.5) is 15.9 Å². The number of rotatable bonds is 6. The number of benzene rings is 1. The Labute approximate surface area is 161 Å². The molecule has 2 aromatic rings. The number of hydrogen-bond donors (Lipinski definition) is 4. The molecule has 1 saturated heterocycles. The van der Waals surface area contributed by atoms with E-state index in [2.05, 4.69) is 47.3 Å². The summed E-state index contributed by atoms with van der Waals surface area (Å²) in [6.07, 6.45) is 1.45. The molecule has 0 spiro atoms. The molecule has 3 rings (SSSR count). The lowest BCUT2D eigenvalue weighted by Gasteiger charge is -2.10. The first-order valence-electron chi connectivity index (χ1n) is 8.09. The van der Waals surface area contributed by atoms with Gasteiger partial charge in [-0.15, -0.1) is 0 Å². The Morgan fingerprint density at radius 3 is 3.07 bits per heavy atom. The minimum atomic E-state index is -0.414. The summed E-state index contributed by atoms with van der Waals surface area (Å²) < 4.78 is 18.3. The fourth-order valence-electron chi connectivity index (χ4n) is 2.68. The first-order chi connectivity index (χ1) is 13.1. The summed E-state index contributed by atoms with van der Waals surface area (Å²) in [6, 6.07) is 4.24. The van der Waals surface area contributed by atoms with Crippen molar-refractivity contribution in [1.29, 1.82) is 0 Å². The average molecular weight is 439 g/mol. The summed E-state index contributed by atoms with van der Waals surface area (Å²) in [4.78, 5) is 10.6. The van der Waals surface area contributed by atoms with Gasteiger partial charge in [0.15, 0.2) is 5.69 Å². The monoisotopic (exact) mass is 438 g/mol. The van der Waals surface area contributed by atoms with Gasteiger partial charge < -0.3 is 21.2 Å². The number of amidine groups is 1. The molecule has 1 aromatic heterocycles. The van der Waals surface area contributed by atoms with Crippen LogP contribution in [0.2, 0.25) is 0 Å².